The van der Waals surface area contributed by atoms with Crippen LogP contribution in [0.5, 0.6) is 0 Å². The van der Waals surface area contributed by atoms with Gasteiger partial charge in [0.2, 0.25) is 0 Å². The number of hydrogen-bond donors (Lipinski definition) is 2. The first-order chi connectivity index (χ1) is 11.2. The van der Waals surface area contributed by atoms with Crippen LogP contribution in [0.2, 0.25) is 0 Å². The molecule has 0 heterocycles. The third-order valence-electron chi connectivity index (χ3n) is 4.08. The minimum absolute atomic E-state index is 0.425. The van der Waals surface area contributed by atoms with Gasteiger partial charge in [-0.05, 0) is 55.7 Å². The molecule has 23 heavy (non-hydrogen) atoms. The number of aliphatic imine (C=N–C) groups is 1. The summed E-state index contributed by atoms with van der Waals surface area (Å²) in [6, 6.07) is 17.7. The van der Waals surface area contributed by atoms with Crippen LogP contribution in [0.4, 0.5) is 17.1 Å². The van der Waals surface area contributed by atoms with Gasteiger partial charge in [-0.3, -0.25) is 9.79 Å². The summed E-state index contributed by atoms with van der Waals surface area (Å²) in [5.74, 6) is -1.18. The summed E-state index contributed by atoms with van der Waals surface area (Å²) in [6.45, 7) is 0. The number of carboxylic acids is 1. The number of para-hydroxylation sites is 1. The number of rotatable bonds is 4. The lowest BCUT2D eigenvalue weighted by atomic mass is 9.87. The Morgan fingerprint density at radius 1 is 1.00 bits per heavy atom. The normalized spacial score (nSPS) is 19.5. The number of hydrogen-bond acceptors (Lipinski definition) is 3. The Morgan fingerprint density at radius 3 is 2.39 bits per heavy atom. The molecule has 1 aliphatic rings. The van der Waals surface area contributed by atoms with E-state index in [9.17, 15) is 9.90 Å². The molecule has 0 radical (unpaired) electrons. The van der Waals surface area contributed by atoms with Crippen LogP contribution in [0, 0.1) is 5.92 Å². The molecule has 1 unspecified atom stereocenters. The fourth-order valence-corrected chi connectivity index (χ4v) is 2.87. The van der Waals surface area contributed by atoms with Crippen LogP contribution in [-0.4, -0.2) is 16.8 Å². The predicted octanol–water partition coefficient (Wildman–Crippen LogP) is 4.78. The van der Waals surface area contributed by atoms with E-state index < -0.39 is 11.9 Å². The fraction of sp³-hybridized carbons (Fsp3) is 0.263. The highest BCUT2D eigenvalue weighted by Crippen LogP contribution is 2.26. The maximum Gasteiger partial charge on any atom is 0.312 e. The van der Waals surface area contributed by atoms with Crippen LogP contribution in [0.1, 0.15) is 25.7 Å². The van der Waals surface area contributed by atoms with Gasteiger partial charge in [0, 0.05) is 17.1 Å². The van der Waals surface area contributed by atoms with Crippen molar-refractivity contribution >= 4 is 28.7 Å². The van der Waals surface area contributed by atoms with Gasteiger partial charge in [0.25, 0.3) is 0 Å². The van der Waals surface area contributed by atoms with E-state index in [0.717, 1.165) is 42.0 Å². The van der Waals surface area contributed by atoms with Crippen molar-refractivity contribution in [3.8, 4) is 0 Å². The SMILES string of the molecule is O=C(O)C1CCCCC1=Nc1ccc(Nc2ccccc2)cc1. The maximum absolute atomic E-state index is 11.3. The zero-order valence-electron chi connectivity index (χ0n) is 12.9. The van der Waals surface area contributed by atoms with Gasteiger partial charge in [0.15, 0.2) is 0 Å². The van der Waals surface area contributed by atoms with E-state index in [1.165, 1.54) is 0 Å². The third-order valence-corrected chi connectivity index (χ3v) is 4.08. The minimum atomic E-state index is -0.759. The van der Waals surface area contributed by atoms with Crippen molar-refractivity contribution in [2.45, 2.75) is 25.7 Å². The van der Waals surface area contributed by atoms with E-state index in [2.05, 4.69) is 10.3 Å². The zero-order valence-corrected chi connectivity index (χ0v) is 12.9. The summed E-state index contributed by atoms with van der Waals surface area (Å²) < 4.78 is 0. The molecule has 1 atom stereocenters. The summed E-state index contributed by atoms with van der Waals surface area (Å²) in [6.07, 6.45) is 3.47. The number of benzene rings is 2. The van der Waals surface area contributed by atoms with Crippen molar-refractivity contribution in [3.05, 3.63) is 54.6 Å². The average molecular weight is 308 g/mol. The van der Waals surface area contributed by atoms with Crippen molar-refractivity contribution in [2.75, 3.05) is 5.32 Å². The summed E-state index contributed by atoms with van der Waals surface area (Å²) in [7, 11) is 0. The monoisotopic (exact) mass is 308 g/mol. The maximum atomic E-state index is 11.3. The molecular formula is C19H20N2O2. The van der Waals surface area contributed by atoms with Crippen LogP contribution < -0.4 is 5.32 Å². The van der Waals surface area contributed by atoms with Crippen molar-refractivity contribution in [1.29, 1.82) is 0 Å². The molecule has 0 spiro atoms. The molecule has 0 bridgehead atoms. The van der Waals surface area contributed by atoms with Gasteiger partial charge in [-0.1, -0.05) is 24.6 Å². The van der Waals surface area contributed by atoms with Gasteiger partial charge in [-0.2, -0.15) is 0 Å². The largest absolute Gasteiger partial charge is 0.481 e. The highest BCUT2D eigenvalue weighted by Gasteiger charge is 2.26. The van der Waals surface area contributed by atoms with E-state index in [0.29, 0.717) is 6.42 Å². The Balaban J connectivity index is 1.74. The number of anilines is 2. The Bertz CT molecular complexity index is 693. The highest BCUT2D eigenvalue weighted by atomic mass is 16.4. The summed E-state index contributed by atoms with van der Waals surface area (Å²) >= 11 is 0. The van der Waals surface area contributed by atoms with Gasteiger partial charge in [0.05, 0.1) is 11.6 Å². The summed E-state index contributed by atoms with van der Waals surface area (Å²) in [5, 5.41) is 12.6. The van der Waals surface area contributed by atoms with Crippen molar-refractivity contribution in [2.24, 2.45) is 10.9 Å². The fourth-order valence-electron chi connectivity index (χ4n) is 2.87. The Kier molecular flexibility index (Phi) is 4.71. The van der Waals surface area contributed by atoms with E-state index in [1.54, 1.807) is 0 Å². The Morgan fingerprint density at radius 2 is 1.70 bits per heavy atom. The topological polar surface area (TPSA) is 61.7 Å². The smallest absolute Gasteiger partial charge is 0.312 e. The molecule has 3 rings (SSSR count). The Hall–Kier alpha value is -2.62. The molecule has 1 fully saturated rings. The first kappa shape index (κ1) is 15.3. The summed E-state index contributed by atoms with van der Waals surface area (Å²) in [4.78, 5) is 15.9. The van der Waals surface area contributed by atoms with Gasteiger partial charge in [-0.25, -0.2) is 0 Å². The van der Waals surface area contributed by atoms with Crippen LogP contribution in [0.25, 0.3) is 0 Å². The molecule has 2 aromatic carbocycles. The number of nitrogens with one attached hydrogen (secondary N) is 1. The lowest BCUT2D eigenvalue weighted by molar-refractivity contribution is -0.139. The predicted molar refractivity (Wildman–Crippen MR) is 92.9 cm³/mol. The third kappa shape index (κ3) is 3.97. The van der Waals surface area contributed by atoms with E-state index in [1.807, 2.05) is 54.6 Å². The average Bonchev–Trinajstić information content (AvgIpc) is 2.58. The molecular weight excluding hydrogens is 288 g/mol. The second-order valence-electron chi connectivity index (χ2n) is 5.78. The number of nitrogens with zero attached hydrogens (tertiary/aromatic N) is 1. The van der Waals surface area contributed by atoms with E-state index in [4.69, 9.17) is 0 Å². The minimum Gasteiger partial charge on any atom is -0.481 e. The Labute approximate surface area is 135 Å². The van der Waals surface area contributed by atoms with Crippen LogP contribution in [0.3, 0.4) is 0 Å². The molecule has 4 heteroatoms. The molecule has 0 saturated heterocycles. The van der Waals surface area contributed by atoms with Crippen molar-refractivity contribution in [3.63, 3.8) is 0 Å². The molecule has 0 aromatic heterocycles. The number of carboxylic acid groups (broad SMARTS) is 1. The molecule has 2 N–H and O–H groups in total. The zero-order chi connectivity index (χ0) is 16.1. The standard InChI is InChI=1S/C19H20N2O2/c22-19(23)17-8-4-5-9-18(17)21-16-12-10-15(11-13-16)20-14-6-2-1-3-7-14/h1-3,6-7,10-13,17,20H,4-5,8-9H2,(H,22,23). The number of carbonyl (C=O) groups is 1. The van der Waals surface area contributed by atoms with Gasteiger partial charge in [-0.15, -0.1) is 0 Å². The highest BCUT2D eigenvalue weighted by molar-refractivity contribution is 6.03. The first-order valence-electron chi connectivity index (χ1n) is 7.95. The summed E-state index contributed by atoms with van der Waals surface area (Å²) in [5.41, 5.74) is 3.63. The van der Waals surface area contributed by atoms with Crippen molar-refractivity contribution in [1.82, 2.24) is 0 Å². The van der Waals surface area contributed by atoms with E-state index >= 15 is 0 Å². The van der Waals surface area contributed by atoms with Crippen LogP contribution in [-0.2, 0) is 4.79 Å². The second kappa shape index (κ2) is 7.09. The first-order valence-corrected chi connectivity index (χ1v) is 7.95. The molecule has 0 amide bonds. The number of aliphatic carboxylic acids is 1. The molecule has 4 nitrogen and oxygen atoms in total. The molecule has 0 aliphatic heterocycles. The van der Waals surface area contributed by atoms with Crippen molar-refractivity contribution < 1.29 is 9.90 Å². The molecule has 2 aromatic rings. The molecule has 1 aliphatic carbocycles. The van der Waals surface area contributed by atoms with Gasteiger partial charge in [0.1, 0.15) is 0 Å². The molecule has 118 valence electrons. The van der Waals surface area contributed by atoms with Gasteiger partial charge >= 0.3 is 5.97 Å². The lowest BCUT2D eigenvalue weighted by Gasteiger charge is -2.20. The van der Waals surface area contributed by atoms with Crippen LogP contribution >= 0.6 is 0 Å². The second-order valence-corrected chi connectivity index (χ2v) is 5.78. The lowest BCUT2D eigenvalue weighted by Crippen LogP contribution is -2.26. The van der Waals surface area contributed by atoms with Gasteiger partial charge < -0.3 is 10.4 Å². The molecule has 1 saturated carbocycles. The van der Waals surface area contributed by atoms with E-state index in [-0.39, 0.29) is 0 Å². The van der Waals surface area contributed by atoms with Crippen LogP contribution in [0.15, 0.2) is 59.6 Å². The quantitative estimate of drug-likeness (QED) is 0.854.